The summed E-state index contributed by atoms with van der Waals surface area (Å²) in [5, 5.41) is 9.67. The molecule has 2 nitrogen and oxygen atoms in total. The van der Waals surface area contributed by atoms with Crippen molar-refractivity contribution in [1.82, 2.24) is 4.98 Å². The molecule has 0 spiro atoms. The minimum absolute atomic E-state index is 0.228. The maximum atomic E-state index is 9.67. The van der Waals surface area contributed by atoms with E-state index in [1.54, 1.807) is 18.3 Å². The zero-order chi connectivity index (χ0) is 11.4. The summed E-state index contributed by atoms with van der Waals surface area (Å²) in [4.78, 5) is 4.17. The van der Waals surface area contributed by atoms with Crippen LogP contribution in [0.4, 0.5) is 0 Å². The molecule has 0 radical (unpaired) electrons. The van der Waals surface area contributed by atoms with Gasteiger partial charge < -0.3 is 5.11 Å². The lowest BCUT2D eigenvalue weighted by Gasteiger charge is -2.04. The Kier molecular flexibility index (Phi) is 3.20. The molecular formula is C14H15NO. The van der Waals surface area contributed by atoms with Gasteiger partial charge in [-0.25, -0.2) is 0 Å². The number of pyridine rings is 1. The van der Waals surface area contributed by atoms with E-state index in [1.165, 1.54) is 5.56 Å². The van der Waals surface area contributed by atoms with Crippen LogP contribution in [0.2, 0.25) is 0 Å². The number of nitrogens with zero attached hydrogens (tertiary/aromatic N) is 1. The van der Waals surface area contributed by atoms with E-state index in [0.29, 0.717) is 5.69 Å². The average molecular weight is 213 g/mol. The summed E-state index contributed by atoms with van der Waals surface area (Å²) < 4.78 is 0. The lowest BCUT2D eigenvalue weighted by molar-refractivity contribution is 0.475. The molecule has 0 unspecified atom stereocenters. The van der Waals surface area contributed by atoms with Crippen LogP contribution < -0.4 is 0 Å². The summed E-state index contributed by atoms with van der Waals surface area (Å²) in [6.45, 7) is 2.17. The summed E-state index contributed by atoms with van der Waals surface area (Å²) in [5.41, 5.74) is 2.92. The molecule has 0 saturated heterocycles. The second-order valence-corrected chi connectivity index (χ2v) is 3.82. The SMILES string of the molecule is CCCc1ccc(-c2ncccc2O)cc1. The van der Waals surface area contributed by atoms with Gasteiger partial charge in [-0.15, -0.1) is 0 Å². The summed E-state index contributed by atoms with van der Waals surface area (Å²) in [5.74, 6) is 0.228. The predicted molar refractivity (Wildman–Crippen MR) is 65.3 cm³/mol. The lowest BCUT2D eigenvalue weighted by Crippen LogP contribution is -1.86. The normalized spacial score (nSPS) is 10.3. The highest BCUT2D eigenvalue weighted by atomic mass is 16.3. The van der Waals surface area contributed by atoms with E-state index in [4.69, 9.17) is 0 Å². The van der Waals surface area contributed by atoms with Crippen molar-refractivity contribution in [3.63, 3.8) is 0 Å². The van der Waals surface area contributed by atoms with Gasteiger partial charge in [0.05, 0.1) is 0 Å². The fourth-order valence-electron chi connectivity index (χ4n) is 1.74. The minimum atomic E-state index is 0.228. The van der Waals surface area contributed by atoms with Crippen LogP contribution in [-0.2, 0) is 6.42 Å². The van der Waals surface area contributed by atoms with E-state index in [0.717, 1.165) is 18.4 Å². The van der Waals surface area contributed by atoms with E-state index >= 15 is 0 Å². The van der Waals surface area contributed by atoms with Crippen LogP contribution in [0.25, 0.3) is 11.3 Å². The number of rotatable bonds is 3. The number of aromatic hydroxyl groups is 1. The molecule has 0 atom stereocenters. The van der Waals surface area contributed by atoms with Crippen molar-refractivity contribution >= 4 is 0 Å². The number of hydrogen-bond acceptors (Lipinski definition) is 2. The Balaban J connectivity index is 2.31. The molecular weight excluding hydrogens is 198 g/mol. The molecule has 2 heteroatoms. The molecule has 0 bridgehead atoms. The quantitative estimate of drug-likeness (QED) is 0.847. The van der Waals surface area contributed by atoms with Crippen LogP contribution in [0.5, 0.6) is 5.75 Å². The van der Waals surface area contributed by atoms with E-state index in [1.807, 2.05) is 12.1 Å². The van der Waals surface area contributed by atoms with Gasteiger partial charge in [0, 0.05) is 11.8 Å². The smallest absolute Gasteiger partial charge is 0.141 e. The van der Waals surface area contributed by atoms with Gasteiger partial charge in [-0.2, -0.15) is 0 Å². The van der Waals surface area contributed by atoms with E-state index in [-0.39, 0.29) is 5.75 Å². The first-order chi connectivity index (χ1) is 7.81. The van der Waals surface area contributed by atoms with Crippen LogP contribution >= 0.6 is 0 Å². The third kappa shape index (κ3) is 2.22. The summed E-state index contributed by atoms with van der Waals surface area (Å²) in [6, 6.07) is 11.6. The standard InChI is InChI=1S/C14H15NO/c1-2-4-11-6-8-12(9-7-11)14-13(16)5-3-10-15-14/h3,5-10,16H,2,4H2,1H3. The molecule has 2 rings (SSSR count). The number of aromatic nitrogens is 1. The molecule has 0 aliphatic heterocycles. The lowest BCUT2D eigenvalue weighted by atomic mass is 10.1. The van der Waals surface area contributed by atoms with Crippen LogP contribution in [0.3, 0.4) is 0 Å². The van der Waals surface area contributed by atoms with Gasteiger partial charge in [-0.05, 0) is 24.1 Å². The van der Waals surface area contributed by atoms with Crippen molar-refractivity contribution < 1.29 is 5.11 Å². The molecule has 1 heterocycles. The highest BCUT2D eigenvalue weighted by molar-refractivity contribution is 5.65. The molecule has 1 N–H and O–H groups in total. The first-order valence-corrected chi connectivity index (χ1v) is 5.54. The molecule has 2 aromatic rings. The van der Waals surface area contributed by atoms with Crippen molar-refractivity contribution in [3.8, 4) is 17.0 Å². The third-order valence-corrected chi connectivity index (χ3v) is 2.55. The van der Waals surface area contributed by atoms with Crippen molar-refractivity contribution in [2.75, 3.05) is 0 Å². The molecule has 1 aromatic heterocycles. The second kappa shape index (κ2) is 4.79. The number of hydrogen-bond donors (Lipinski definition) is 1. The fraction of sp³-hybridized carbons (Fsp3) is 0.214. The monoisotopic (exact) mass is 213 g/mol. The van der Waals surface area contributed by atoms with E-state index in [2.05, 4.69) is 24.0 Å². The largest absolute Gasteiger partial charge is 0.506 e. The number of aryl methyl sites for hydroxylation is 1. The Bertz CT molecular complexity index is 462. The Labute approximate surface area is 95.6 Å². The van der Waals surface area contributed by atoms with Gasteiger partial charge in [-0.1, -0.05) is 37.6 Å². The zero-order valence-electron chi connectivity index (χ0n) is 9.35. The zero-order valence-corrected chi connectivity index (χ0v) is 9.35. The van der Waals surface area contributed by atoms with Crippen LogP contribution in [0.1, 0.15) is 18.9 Å². The van der Waals surface area contributed by atoms with Gasteiger partial charge in [0.2, 0.25) is 0 Å². The van der Waals surface area contributed by atoms with Gasteiger partial charge in [0.1, 0.15) is 11.4 Å². The Morgan fingerprint density at radius 1 is 1.12 bits per heavy atom. The van der Waals surface area contributed by atoms with Gasteiger partial charge in [-0.3, -0.25) is 4.98 Å². The average Bonchev–Trinajstić information content (AvgIpc) is 2.31. The van der Waals surface area contributed by atoms with Gasteiger partial charge in [0.25, 0.3) is 0 Å². The molecule has 82 valence electrons. The summed E-state index contributed by atoms with van der Waals surface area (Å²) in [6.07, 6.45) is 3.93. The highest BCUT2D eigenvalue weighted by Gasteiger charge is 2.04. The number of benzene rings is 1. The van der Waals surface area contributed by atoms with Crippen molar-refractivity contribution in [2.24, 2.45) is 0 Å². The van der Waals surface area contributed by atoms with Gasteiger partial charge >= 0.3 is 0 Å². The van der Waals surface area contributed by atoms with Crippen molar-refractivity contribution in [1.29, 1.82) is 0 Å². The molecule has 1 aromatic carbocycles. The molecule has 0 amide bonds. The third-order valence-electron chi connectivity index (χ3n) is 2.55. The van der Waals surface area contributed by atoms with Crippen LogP contribution in [0.15, 0.2) is 42.6 Å². The second-order valence-electron chi connectivity index (χ2n) is 3.82. The Morgan fingerprint density at radius 3 is 2.50 bits per heavy atom. The molecule has 16 heavy (non-hydrogen) atoms. The Morgan fingerprint density at radius 2 is 1.88 bits per heavy atom. The fourth-order valence-corrected chi connectivity index (χ4v) is 1.74. The van der Waals surface area contributed by atoms with Crippen molar-refractivity contribution in [3.05, 3.63) is 48.2 Å². The summed E-state index contributed by atoms with van der Waals surface area (Å²) >= 11 is 0. The Hall–Kier alpha value is -1.83. The van der Waals surface area contributed by atoms with Gasteiger partial charge in [0.15, 0.2) is 0 Å². The van der Waals surface area contributed by atoms with Crippen LogP contribution in [-0.4, -0.2) is 10.1 Å². The van der Waals surface area contributed by atoms with E-state index < -0.39 is 0 Å². The maximum absolute atomic E-state index is 9.67. The molecule has 0 fully saturated rings. The van der Waals surface area contributed by atoms with E-state index in [9.17, 15) is 5.11 Å². The molecule has 0 aliphatic rings. The first-order valence-electron chi connectivity index (χ1n) is 5.54. The predicted octanol–water partition coefficient (Wildman–Crippen LogP) is 3.41. The highest BCUT2D eigenvalue weighted by Crippen LogP contribution is 2.26. The van der Waals surface area contributed by atoms with Crippen LogP contribution in [0, 0.1) is 0 Å². The first kappa shape index (κ1) is 10.7. The maximum Gasteiger partial charge on any atom is 0.141 e. The minimum Gasteiger partial charge on any atom is -0.506 e. The molecule has 0 saturated carbocycles. The summed E-state index contributed by atoms with van der Waals surface area (Å²) in [7, 11) is 0. The van der Waals surface area contributed by atoms with Crippen molar-refractivity contribution in [2.45, 2.75) is 19.8 Å². The molecule has 0 aliphatic carbocycles. The topological polar surface area (TPSA) is 33.1 Å².